The summed E-state index contributed by atoms with van der Waals surface area (Å²) in [5, 5.41) is 15.2. The van der Waals surface area contributed by atoms with Crippen molar-refractivity contribution in [3.05, 3.63) is 35.9 Å². The molecule has 3 rings (SSSR count). The topological polar surface area (TPSA) is 85.6 Å². The summed E-state index contributed by atoms with van der Waals surface area (Å²) in [5.41, 5.74) is 1.19. The van der Waals surface area contributed by atoms with Crippen molar-refractivity contribution in [1.29, 1.82) is 0 Å². The molecule has 1 aliphatic rings. The molecule has 1 aliphatic carbocycles. The average Bonchev–Trinajstić information content (AvgIpc) is 3.30. The number of aryl methyl sites for hydroxylation is 1. The Morgan fingerprint density at radius 3 is 2.62 bits per heavy atom. The number of nitrogens with zero attached hydrogens (tertiary/aromatic N) is 4. The minimum absolute atomic E-state index is 0.706. The molecular formula is C24H38N6O2. The summed E-state index contributed by atoms with van der Waals surface area (Å²) in [7, 11) is 3.32. The van der Waals surface area contributed by atoms with Crippen LogP contribution in [0.2, 0.25) is 0 Å². The Labute approximate surface area is 191 Å². The number of aromatic nitrogens is 3. The zero-order valence-corrected chi connectivity index (χ0v) is 19.8. The van der Waals surface area contributed by atoms with Crippen molar-refractivity contribution in [2.24, 2.45) is 10.9 Å². The molecule has 1 heterocycles. The largest absolute Gasteiger partial charge is 0.493 e. The zero-order valence-electron chi connectivity index (χ0n) is 19.8. The van der Waals surface area contributed by atoms with Crippen LogP contribution in [0.15, 0.2) is 29.5 Å². The molecule has 0 aliphatic heterocycles. The van der Waals surface area contributed by atoms with Crippen molar-refractivity contribution in [3.8, 4) is 11.5 Å². The first-order valence-corrected chi connectivity index (χ1v) is 11.8. The van der Waals surface area contributed by atoms with E-state index in [1.807, 2.05) is 12.1 Å². The van der Waals surface area contributed by atoms with Crippen LogP contribution in [0.1, 0.15) is 50.4 Å². The number of guanidine groups is 1. The molecular weight excluding hydrogens is 404 g/mol. The molecule has 1 fully saturated rings. The second kappa shape index (κ2) is 12.9. The zero-order chi connectivity index (χ0) is 22.6. The van der Waals surface area contributed by atoms with Crippen LogP contribution in [0, 0.1) is 5.92 Å². The molecule has 0 saturated heterocycles. The van der Waals surface area contributed by atoms with Gasteiger partial charge >= 0.3 is 0 Å². The lowest BCUT2D eigenvalue weighted by Gasteiger charge is -2.20. The summed E-state index contributed by atoms with van der Waals surface area (Å²) in [4.78, 5) is 4.91. The van der Waals surface area contributed by atoms with E-state index in [1.54, 1.807) is 20.5 Å². The smallest absolute Gasteiger partial charge is 0.191 e. The molecule has 1 saturated carbocycles. The van der Waals surface area contributed by atoms with Crippen LogP contribution in [-0.2, 0) is 19.4 Å². The molecule has 1 aromatic carbocycles. The Kier molecular flexibility index (Phi) is 9.65. The average molecular weight is 443 g/mol. The number of ether oxygens (including phenoxy) is 2. The van der Waals surface area contributed by atoms with Gasteiger partial charge in [-0.2, -0.15) is 0 Å². The fourth-order valence-corrected chi connectivity index (χ4v) is 4.16. The quantitative estimate of drug-likeness (QED) is 0.411. The Morgan fingerprint density at radius 2 is 1.88 bits per heavy atom. The van der Waals surface area contributed by atoms with Crippen molar-refractivity contribution < 1.29 is 9.47 Å². The summed E-state index contributed by atoms with van der Waals surface area (Å²) >= 11 is 0. The lowest BCUT2D eigenvalue weighted by atomic mass is 9.89. The Hall–Kier alpha value is -2.77. The molecule has 0 radical (unpaired) electrons. The lowest BCUT2D eigenvalue weighted by molar-refractivity contribution is 0.354. The number of hydrogen-bond acceptors (Lipinski definition) is 5. The van der Waals surface area contributed by atoms with Crippen molar-refractivity contribution in [2.45, 2.75) is 58.4 Å². The van der Waals surface area contributed by atoms with Gasteiger partial charge in [0.05, 0.1) is 14.2 Å². The van der Waals surface area contributed by atoms with E-state index in [1.165, 1.54) is 37.7 Å². The van der Waals surface area contributed by atoms with E-state index in [4.69, 9.17) is 14.5 Å². The fourth-order valence-electron chi connectivity index (χ4n) is 4.16. The van der Waals surface area contributed by atoms with Gasteiger partial charge in [-0.3, -0.25) is 4.99 Å². The van der Waals surface area contributed by atoms with Gasteiger partial charge in [0.2, 0.25) is 0 Å². The maximum absolute atomic E-state index is 5.42. The van der Waals surface area contributed by atoms with Crippen LogP contribution < -0.4 is 20.1 Å². The third-order valence-corrected chi connectivity index (χ3v) is 6.04. The summed E-state index contributed by atoms with van der Waals surface area (Å²) in [6, 6.07) is 6.06. The number of aliphatic imine (C=N–C) groups is 1. The molecule has 32 heavy (non-hydrogen) atoms. The molecule has 0 unspecified atom stereocenters. The Balaban J connectivity index is 1.54. The van der Waals surface area contributed by atoms with E-state index in [0.29, 0.717) is 5.92 Å². The van der Waals surface area contributed by atoms with E-state index in [0.717, 1.165) is 62.3 Å². The third kappa shape index (κ3) is 7.14. The van der Waals surface area contributed by atoms with Gasteiger partial charge in [-0.25, -0.2) is 0 Å². The molecule has 1 aromatic heterocycles. The summed E-state index contributed by atoms with van der Waals surface area (Å²) in [6.45, 7) is 5.37. The maximum Gasteiger partial charge on any atom is 0.191 e. The number of nitrogens with one attached hydrogen (secondary N) is 2. The van der Waals surface area contributed by atoms with Crippen LogP contribution >= 0.6 is 0 Å². The first-order chi connectivity index (χ1) is 15.7. The molecule has 8 heteroatoms. The second-order valence-corrected chi connectivity index (χ2v) is 8.28. The SMILES string of the molecule is CCc1nncn1CCNC(=NCC1CCCCC1)NCCc1ccc(OC)c(OC)c1. The molecule has 0 amide bonds. The van der Waals surface area contributed by atoms with Crippen LogP contribution in [0.3, 0.4) is 0 Å². The van der Waals surface area contributed by atoms with Gasteiger partial charge in [0.15, 0.2) is 17.5 Å². The highest BCUT2D eigenvalue weighted by Crippen LogP contribution is 2.27. The highest BCUT2D eigenvalue weighted by atomic mass is 16.5. The summed E-state index contributed by atoms with van der Waals surface area (Å²) in [5.74, 6) is 4.10. The second-order valence-electron chi connectivity index (χ2n) is 8.28. The first-order valence-electron chi connectivity index (χ1n) is 11.8. The number of methoxy groups -OCH3 is 2. The van der Waals surface area contributed by atoms with Crippen LogP contribution in [0.25, 0.3) is 0 Å². The first kappa shape index (κ1) is 23.9. The van der Waals surface area contributed by atoms with Gasteiger partial charge in [0.25, 0.3) is 0 Å². The predicted molar refractivity (Wildman–Crippen MR) is 128 cm³/mol. The van der Waals surface area contributed by atoms with E-state index >= 15 is 0 Å². The van der Waals surface area contributed by atoms with Gasteiger partial charge in [0, 0.05) is 32.6 Å². The monoisotopic (exact) mass is 442 g/mol. The lowest BCUT2D eigenvalue weighted by Crippen LogP contribution is -2.40. The van der Waals surface area contributed by atoms with Gasteiger partial charge in [0.1, 0.15) is 12.2 Å². The summed E-state index contributed by atoms with van der Waals surface area (Å²) < 4.78 is 12.9. The fraction of sp³-hybridized carbons (Fsp3) is 0.625. The normalized spacial score (nSPS) is 14.9. The molecule has 2 N–H and O–H groups in total. The minimum atomic E-state index is 0.706. The van der Waals surface area contributed by atoms with Crippen molar-refractivity contribution in [3.63, 3.8) is 0 Å². The minimum Gasteiger partial charge on any atom is -0.493 e. The van der Waals surface area contributed by atoms with E-state index in [-0.39, 0.29) is 0 Å². The van der Waals surface area contributed by atoms with Crippen LogP contribution in [0.4, 0.5) is 0 Å². The molecule has 0 spiro atoms. The van der Waals surface area contributed by atoms with E-state index in [9.17, 15) is 0 Å². The Morgan fingerprint density at radius 1 is 1.09 bits per heavy atom. The van der Waals surface area contributed by atoms with Gasteiger partial charge in [-0.05, 0) is 42.9 Å². The van der Waals surface area contributed by atoms with E-state index < -0.39 is 0 Å². The van der Waals surface area contributed by atoms with E-state index in [2.05, 4.69) is 38.4 Å². The predicted octanol–water partition coefficient (Wildman–Crippen LogP) is 3.22. The number of benzene rings is 1. The van der Waals surface area contributed by atoms with Crippen molar-refractivity contribution in [2.75, 3.05) is 33.9 Å². The highest BCUT2D eigenvalue weighted by Gasteiger charge is 2.13. The molecule has 0 atom stereocenters. The standard InChI is InChI=1S/C24H38N6O2/c1-4-23-29-28-18-30(23)15-14-26-24(27-17-20-8-6-5-7-9-20)25-13-12-19-10-11-21(31-2)22(16-19)32-3/h10-11,16,18,20H,4-9,12-15,17H2,1-3H3,(H2,25,26,27). The van der Waals surface area contributed by atoms with Crippen molar-refractivity contribution >= 4 is 5.96 Å². The third-order valence-electron chi connectivity index (χ3n) is 6.04. The molecule has 8 nitrogen and oxygen atoms in total. The van der Waals surface area contributed by atoms with Crippen LogP contribution in [-0.4, -0.2) is 54.6 Å². The number of rotatable bonds is 11. The Bertz CT molecular complexity index is 845. The maximum atomic E-state index is 5.42. The molecule has 176 valence electrons. The highest BCUT2D eigenvalue weighted by molar-refractivity contribution is 5.79. The molecule has 2 aromatic rings. The summed E-state index contributed by atoms with van der Waals surface area (Å²) in [6.07, 6.45) is 10.2. The van der Waals surface area contributed by atoms with Gasteiger partial charge in [-0.1, -0.05) is 32.3 Å². The number of hydrogen-bond donors (Lipinski definition) is 2. The van der Waals surface area contributed by atoms with Gasteiger partial charge in [-0.15, -0.1) is 10.2 Å². The van der Waals surface area contributed by atoms with Crippen molar-refractivity contribution in [1.82, 2.24) is 25.4 Å². The molecule has 0 bridgehead atoms. The van der Waals surface area contributed by atoms with Gasteiger partial charge < -0.3 is 24.7 Å². The van der Waals surface area contributed by atoms with Crippen LogP contribution in [0.5, 0.6) is 11.5 Å².